The molecule has 0 atom stereocenters. The monoisotopic (exact) mass is 253 g/mol. The topological polar surface area (TPSA) is 21.9 Å². The van der Waals surface area contributed by atoms with Crippen LogP contribution in [-0.4, -0.2) is 9.24 Å². The molecule has 0 aliphatic heterocycles. The average molecular weight is 253 g/mol. The summed E-state index contributed by atoms with van der Waals surface area (Å²) >= 11 is 0. The molecule has 0 fully saturated rings. The summed E-state index contributed by atoms with van der Waals surface area (Å²) in [5.41, 5.74) is 8.56. The lowest BCUT2D eigenvalue weighted by Crippen LogP contribution is -2.16. The van der Waals surface area contributed by atoms with Crippen LogP contribution in [0.4, 0.5) is 0 Å². The molecule has 0 bridgehead atoms. The van der Waals surface area contributed by atoms with Gasteiger partial charge in [0, 0.05) is 35.5 Å². The number of benzene rings is 1. The Morgan fingerprint density at radius 3 is 2.42 bits per heavy atom. The van der Waals surface area contributed by atoms with Crippen LogP contribution in [0.5, 0.6) is 0 Å². The maximum absolute atomic E-state index is 3.49. The van der Waals surface area contributed by atoms with Crippen LogP contribution in [0.1, 0.15) is 17.0 Å². The van der Waals surface area contributed by atoms with Gasteiger partial charge in [-0.3, -0.25) is 4.68 Å². The van der Waals surface area contributed by atoms with Crippen LogP contribution in [0.25, 0.3) is 10.9 Å². The van der Waals surface area contributed by atoms with Gasteiger partial charge in [0.05, 0.1) is 6.54 Å². The molecule has 19 heavy (non-hydrogen) atoms. The first-order valence-electron chi connectivity index (χ1n) is 6.58. The highest BCUT2D eigenvalue weighted by Crippen LogP contribution is 2.20. The van der Waals surface area contributed by atoms with Crippen molar-refractivity contribution in [1.29, 1.82) is 0 Å². The molecule has 0 unspecified atom stereocenters. The van der Waals surface area contributed by atoms with Gasteiger partial charge >= 0.3 is 0 Å². The molecule has 0 radical (unpaired) electrons. The number of aromatic nitrogens is 2. The van der Waals surface area contributed by atoms with Gasteiger partial charge in [-0.15, -0.1) is 0 Å². The van der Waals surface area contributed by atoms with Crippen molar-refractivity contribution in [3.05, 3.63) is 59.5 Å². The number of rotatable bonds is 3. The molecule has 3 aromatic rings. The third-order valence-corrected chi connectivity index (χ3v) is 3.68. The predicted molar refractivity (Wildman–Crippen MR) is 79.9 cm³/mol. The second-order valence-electron chi connectivity index (χ2n) is 5.07. The second kappa shape index (κ2) is 4.50. The van der Waals surface area contributed by atoms with Crippen LogP contribution in [-0.2, 0) is 13.6 Å². The van der Waals surface area contributed by atoms with Crippen LogP contribution < -0.4 is 5.43 Å². The minimum absolute atomic E-state index is 0.831. The van der Waals surface area contributed by atoms with Gasteiger partial charge in [-0.1, -0.05) is 18.2 Å². The van der Waals surface area contributed by atoms with Gasteiger partial charge in [0.1, 0.15) is 0 Å². The molecule has 0 amide bonds. The maximum atomic E-state index is 3.49. The minimum Gasteiger partial charge on any atom is -0.350 e. The quantitative estimate of drug-likeness (QED) is 0.759. The number of nitrogens with zero attached hydrogens (tertiary/aromatic N) is 2. The molecule has 0 aliphatic rings. The smallest absolute Gasteiger partial charge is 0.0585 e. The summed E-state index contributed by atoms with van der Waals surface area (Å²) in [7, 11) is 2.10. The first kappa shape index (κ1) is 11.9. The van der Waals surface area contributed by atoms with Crippen molar-refractivity contribution in [2.45, 2.75) is 20.4 Å². The van der Waals surface area contributed by atoms with Crippen molar-refractivity contribution >= 4 is 10.9 Å². The fourth-order valence-corrected chi connectivity index (χ4v) is 2.65. The van der Waals surface area contributed by atoms with Crippen LogP contribution in [0.2, 0.25) is 0 Å². The lowest BCUT2D eigenvalue weighted by atomic mass is 10.2. The highest BCUT2D eigenvalue weighted by molar-refractivity contribution is 5.83. The number of hydrogen-bond donors (Lipinski definition) is 1. The van der Waals surface area contributed by atoms with Crippen molar-refractivity contribution in [3.63, 3.8) is 0 Å². The van der Waals surface area contributed by atoms with E-state index in [4.69, 9.17) is 0 Å². The molecule has 1 aromatic carbocycles. The number of fused-ring (bicyclic) bond motifs is 1. The van der Waals surface area contributed by atoms with Crippen molar-refractivity contribution in [1.82, 2.24) is 9.24 Å². The van der Waals surface area contributed by atoms with Crippen molar-refractivity contribution in [3.8, 4) is 0 Å². The fourth-order valence-electron chi connectivity index (χ4n) is 2.65. The lowest BCUT2D eigenvalue weighted by molar-refractivity contribution is 0.792. The van der Waals surface area contributed by atoms with Gasteiger partial charge in [0.25, 0.3) is 0 Å². The Hall–Kier alpha value is -2.16. The van der Waals surface area contributed by atoms with Crippen LogP contribution in [0.15, 0.2) is 42.6 Å². The second-order valence-corrected chi connectivity index (χ2v) is 5.07. The number of para-hydroxylation sites is 1. The van der Waals surface area contributed by atoms with Gasteiger partial charge in [-0.25, -0.2) is 0 Å². The first-order valence-corrected chi connectivity index (χ1v) is 6.58. The Morgan fingerprint density at radius 2 is 1.68 bits per heavy atom. The van der Waals surface area contributed by atoms with E-state index in [1.165, 1.54) is 27.9 Å². The van der Waals surface area contributed by atoms with E-state index >= 15 is 0 Å². The number of hydrogen-bond acceptors (Lipinski definition) is 1. The summed E-state index contributed by atoms with van der Waals surface area (Å²) in [5.74, 6) is 0. The SMILES string of the molecule is Cc1ccc(C)n1NCc1cn(C)c2ccccc12. The van der Waals surface area contributed by atoms with Gasteiger partial charge in [-0.2, -0.15) is 0 Å². The van der Waals surface area contributed by atoms with Crippen LogP contribution in [0, 0.1) is 13.8 Å². The Balaban J connectivity index is 1.90. The standard InChI is InChI=1S/C16H19N3/c1-12-8-9-13(2)19(12)17-10-14-11-18(3)16-7-5-4-6-15(14)16/h4-9,11,17H,10H2,1-3H3. The lowest BCUT2D eigenvalue weighted by Gasteiger charge is -2.12. The zero-order chi connectivity index (χ0) is 13.4. The van der Waals surface area contributed by atoms with E-state index in [0.717, 1.165) is 6.54 Å². The molecule has 2 heterocycles. The predicted octanol–water partition coefficient (Wildman–Crippen LogP) is 3.34. The summed E-state index contributed by atoms with van der Waals surface area (Å²) in [6.45, 7) is 5.06. The molecule has 3 rings (SSSR count). The molecule has 3 nitrogen and oxygen atoms in total. The molecule has 2 aromatic heterocycles. The zero-order valence-corrected chi connectivity index (χ0v) is 11.6. The maximum Gasteiger partial charge on any atom is 0.0585 e. The van der Waals surface area contributed by atoms with E-state index in [1.807, 2.05) is 0 Å². The summed E-state index contributed by atoms with van der Waals surface area (Å²) < 4.78 is 4.32. The van der Waals surface area contributed by atoms with Gasteiger partial charge in [0.15, 0.2) is 0 Å². The summed E-state index contributed by atoms with van der Waals surface area (Å²) in [4.78, 5) is 0. The molecule has 1 N–H and O–H groups in total. The average Bonchev–Trinajstić information content (AvgIpc) is 2.90. The van der Waals surface area contributed by atoms with Gasteiger partial charge in [0.2, 0.25) is 0 Å². The Labute approximate surface area is 113 Å². The summed E-state index contributed by atoms with van der Waals surface area (Å²) in [5, 5.41) is 1.32. The van der Waals surface area contributed by atoms with E-state index in [0.29, 0.717) is 0 Å². The van der Waals surface area contributed by atoms with E-state index in [2.05, 4.69) is 78.2 Å². The van der Waals surface area contributed by atoms with Crippen LogP contribution in [0.3, 0.4) is 0 Å². The van der Waals surface area contributed by atoms with Crippen molar-refractivity contribution in [2.24, 2.45) is 7.05 Å². The molecule has 0 spiro atoms. The Kier molecular flexibility index (Phi) is 2.82. The molecule has 0 saturated carbocycles. The van der Waals surface area contributed by atoms with E-state index < -0.39 is 0 Å². The number of nitrogens with one attached hydrogen (secondary N) is 1. The van der Waals surface area contributed by atoms with Gasteiger partial charge < -0.3 is 9.99 Å². The first-order chi connectivity index (χ1) is 9.16. The highest BCUT2D eigenvalue weighted by Gasteiger charge is 2.06. The molecule has 98 valence electrons. The largest absolute Gasteiger partial charge is 0.350 e. The van der Waals surface area contributed by atoms with Crippen molar-refractivity contribution < 1.29 is 0 Å². The Bertz CT molecular complexity index is 699. The van der Waals surface area contributed by atoms with E-state index in [9.17, 15) is 0 Å². The zero-order valence-electron chi connectivity index (χ0n) is 11.6. The molecular weight excluding hydrogens is 234 g/mol. The summed E-state index contributed by atoms with van der Waals surface area (Å²) in [6, 6.07) is 12.8. The fraction of sp³-hybridized carbons (Fsp3) is 0.250. The minimum atomic E-state index is 0.831. The van der Waals surface area contributed by atoms with Crippen LogP contribution >= 0.6 is 0 Å². The summed E-state index contributed by atoms with van der Waals surface area (Å²) in [6.07, 6.45) is 2.20. The van der Waals surface area contributed by atoms with Gasteiger partial charge in [-0.05, 0) is 37.6 Å². The third-order valence-electron chi connectivity index (χ3n) is 3.68. The normalized spacial score (nSPS) is 11.1. The Morgan fingerprint density at radius 1 is 1.00 bits per heavy atom. The molecule has 0 aliphatic carbocycles. The molecule has 3 heteroatoms. The number of aryl methyl sites for hydroxylation is 3. The van der Waals surface area contributed by atoms with Crippen molar-refractivity contribution in [2.75, 3.05) is 5.43 Å². The third kappa shape index (κ3) is 2.01. The highest BCUT2D eigenvalue weighted by atomic mass is 15.4. The van der Waals surface area contributed by atoms with E-state index in [-0.39, 0.29) is 0 Å². The van der Waals surface area contributed by atoms with E-state index in [1.54, 1.807) is 0 Å². The molecular formula is C16H19N3. The molecule has 0 saturated heterocycles.